The molecule has 0 atom stereocenters. The van der Waals surface area contributed by atoms with Crippen LogP contribution in [0, 0.1) is 33.5 Å². The first-order valence-corrected chi connectivity index (χ1v) is 5.75. The Labute approximate surface area is 103 Å². The Kier molecular flexibility index (Phi) is 4.89. The average Bonchev–Trinajstić information content (AvgIpc) is 2.26. The van der Waals surface area contributed by atoms with Crippen LogP contribution >= 0.6 is 0 Å². The van der Waals surface area contributed by atoms with Gasteiger partial charge in [-0.3, -0.25) is 0 Å². The molecule has 0 spiro atoms. The van der Waals surface area contributed by atoms with Crippen LogP contribution in [0.4, 0.5) is 4.39 Å². The predicted octanol–water partition coefficient (Wildman–Crippen LogP) is 4.75. The maximum atomic E-state index is 12.6. The summed E-state index contributed by atoms with van der Waals surface area (Å²) in [6, 6.07) is 13.5. The molecule has 0 aliphatic rings. The molecule has 17 heavy (non-hydrogen) atoms. The Balaban J connectivity index is 0.000000171. The van der Waals surface area contributed by atoms with Crippen molar-refractivity contribution in [1.82, 2.24) is 0 Å². The van der Waals surface area contributed by atoms with Crippen molar-refractivity contribution in [3.8, 4) is 0 Å². The van der Waals surface area contributed by atoms with Crippen LogP contribution in [0.3, 0.4) is 0 Å². The highest BCUT2D eigenvalue weighted by atomic mass is 19.1. The van der Waals surface area contributed by atoms with Gasteiger partial charge in [0.1, 0.15) is 5.82 Å². The van der Waals surface area contributed by atoms with E-state index in [-0.39, 0.29) is 5.82 Å². The fraction of sp³-hybridized carbons (Fsp3) is 0.250. The quantitative estimate of drug-likeness (QED) is 0.613. The van der Waals surface area contributed by atoms with E-state index in [1.165, 1.54) is 17.2 Å². The molecule has 0 nitrogen and oxygen atoms in total. The SMILES string of the molecule is Cc1cccc(C)c1.Cc1cccc(F)c1C. The number of hydrogen-bond donors (Lipinski definition) is 0. The third kappa shape index (κ3) is 4.39. The van der Waals surface area contributed by atoms with Gasteiger partial charge >= 0.3 is 0 Å². The van der Waals surface area contributed by atoms with E-state index in [1.807, 2.05) is 13.0 Å². The van der Waals surface area contributed by atoms with Crippen LogP contribution in [0.15, 0.2) is 42.5 Å². The molecule has 0 aromatic heterocycles. The van der Waals surface area contributed by atoms with E-state index < -0.39 is 0 Å². The molecule has 0 aliphatic carbocycles. The number of aryl methyl sites for hydroxylation is 3. The smallest absolute Gasteiger partial charge is 0.126 e. The van der Waals surface area contributed by atoms with Gasteiger partial charge in [-0.2, -0.15) is 0 Å². The van der Waals surface area contributed by atoms with Crippen molar-refractivity contribution in [2.45, 2.75) is 27.7 Å². The number of benzene rings is 2. The lowest BCUT2D eigenvalue weighted by Crippen LogP contribution is -1.83. The zero-order chi connectivity index (χ0) is 12.8. The molecule has 1 heteroatoms. The molecular formula is C16H19F. The van der Waals surface area contributed by atoms with Crippen molar-refractivity contribution in [2.75, 3.05) is 0 Å². The highest BCUT2D eigenvalue weighted by molar-refractivity contribution is 5.25. The Bertz CT molecular complexity index is 449. The van der Waals surface area contributed by atoms with Gasteiger partial charge in [0.15, 0.2) is 0 Å². The normalized spacial score (nSPS) is 9.47. The Morgan fingerprint density at radius 3 is 1.65 bits per heavy atom. The van der Waals surface area contributed by atoms with Crippen molar-refractivity contribution >= 4 is 0 Å². The van der Waals surface area contributed by atoms with Crippen molar-refractivity contribution in [1.29, 1.82) is 0 Å². The fourth-order valence-corrected chi connectivity index (χ4v) is 1.52. The molecule has 0 unspecified atom stereocenters. The van der Waals surface area contributed by atoms with Crippen molar-refractivity contribution in [2.24, 2.45) is 0 Å². The molecule has 0 heterocycles. The molecule has 0 aliphatic heterocycles. The lowest BCUT2D eigenvalue weighted by Gasteiger charge is -1.97. The van der Waals surface area contributed by atoms with Crippen LogP contribution in [0.2, 0.25) is 0 Å². The standard InChI is InChI=1S/C8H9F.C8H10/c1-6-4-3-5-8(9)7(6)2;1-7-4-3-5-8(2)6-7/h3-5H,1-2H3;3-6H,1-2H3. The molecule has 0 N–H and O–H groups in total. The molecule has 0 amide bonds. The lowest BCUT2D eigenvalue weighted by atomic mass is 10.1. The summed E-state index contributed by atoms with van der Waals surface area (Å²) in [5.74, 6) is -0.116. The Morgan fingerprint density at radius 1 is 0.765 bits per heavy atom. The first kappa shape index (κ1) is 13.4. The first-order valence-electron chi connectivity index (χ1n) is 5.75. The average molecular weight is 230 g/mol. The Hall–Kier alpha value is -1.63. The minimum Gasteiger partial charge on any atom is -0.207 e. The van der Waals surface area contributed by atoms with Gasteiger partial charge in [-0.25, -0.2) is 4.39 Å². The second-order valence-corrected chi connectivity index (χ2v) is 4.34. The maximum absolute atomic E-state index is 12.6. The summed E-state index contributed by atoms with van der Waals surface area (Å²) in [7, 11) is 0. The molecule has 2 aromatic rings. The molecule has 0 saturated heterocycles. The summed E-state index contributed by atoms with van der Waals surface area (Å²) in [4.78, 5) is 0. The summed E-state index contributed by atoms with van der Waals surface area (Å²) in [6.45, 7) is 7.89. The van der Waals surface area contributed by atoms with Crippen LogP contribution in [-0.4, -0.2) is 0 Å². The van der Waals surface area contributed by atoms with Gasteiger partial charge in [-0.15, -0.1) is 0 Å². The van der Waals surface area contributed by atoms with Crippen LogP contribution in [-0.2, 0) is 0 Å². The van der Waals surface area contributed by atoms with Gasteiger partial charge in [0.05, 0.1) is 0 Å². The van der Waals surface area contributed by atoms with Gasteiger partial charge in [0, 0.05) is 0 Å². The van der Waals surface area contributed by atoms with Gasteiger partial charge in [0.25, 0.3) is 0 Å². The van der Waals surface area contributed by atoms with Gasteiger partial charge < -0.3 is 0 Å². The molecular weight excluding hydrogens is 211 g/mol. The number of hydrogen-bond acceptors (Lipinski definition) is 0. The van der Waals surface area contributed by atoms with Gasteiger partial charge in [-0.05, 0) is 44.9 Å². The molecule has 90 valence electrons. The highest BCUT2D eigenvalue weighted by Gasteiger charge is 1.95. The van der Waals surface area contributed by atoms with Crippen LogP contribution in [0.5, 0.6) is 0 Å². The van der Waals surface area contributed by atoms with E-state index in [0.717, 1.165) is 11.1 Å². The number of rotatable bonds is 0. The zero-order valence-electron chi connectivity index (χ0n) is 10.9. The summed E-state index contributed by atoms with van der Waals surface area (Å²) >= 11 is 0. The third-order valence-electron chi connectivity index (χ3n) is 2.71. The second-order valence-electron chi connectivity index (χ2n) is 4.34. The zero-order valence-corrected chi connectivity index (χ0v) is 10.9. The van der Waals surface area contributed by atoms with Crippen molar-refractivity contribution in [3.05, 3.63) is 70.5 Å². The Morgan fingerprint density at radius 2 is 1.29 bits per heavy atom. The van der Waals surface area contributed by atoms with Crippen LogP contribution in [0.25, 0.3) is 0 Å². The summed E-state index contributed by atoms with van der Waals surface area (Å²) in [5, 5.41) is 0. The molecule has 0 bridgehead atoms. The maximum Gasteiger partial charge on any atom is 0.126 e. The lowest BCUT2D eigenvalue weighted by molar-refractivity contribution is 0.617. The van der Waals surface area contributed by atoms with Crippen LogP contribution < -0.4 is 0 Å². The van der Waals surface area contributed by atoms with E-state index in [0.29, 0.717) is 0 Å². The minimum absolute atomic E-state index is 0.116. The molecule has 2 aromatic carbocycles. The largest absolute Gasteiger partial charge is 0.207 e. The third-order valence-corrected chi connectivity index (χ3v) is 2.71. The van der Waals surface area contributed by atoms with Crippen molar-refractivity contribution < 1.29 is 4.39 Å². The fourth-order valence-electron chi connectivity index (χ4n) is 1.52. The van der Waals surface area contributed by atoms with E-state index in [9.17, 15) is 4.39 Å². The van der Waals surface area contributed by atoms with E-state index in [2.05, 4.69) is 38.1 Å². The molecule has 0 radical (unpaired) electrons. The highest BCUT2D eigenvalue weighted by Crippen LogP contribution is 2.09. The van der Waals surface area contributed by atoms with Gasteiger partial charge in [-0.1, -0.05) is 47.5 Å². The van der Waals surface area contributed by atoms with Crippen LogP contribution in [0.1, 0.15) is 22.3 Å². The molecule has 2 rings (SSSR count). The summed E-state index contributed by atoms with van der Waals surface area (Å²) in [5.41, 5.74) is 4.43. The first-order chi connectivity index (χ1) is 8.00. The van der Waals surface area contributed by atoms with E-state index in [4.69, 9.17) is 0 Å². The van der Waals surface area contributed by atoms with E-state index in [1.54, 1.807) is 13.0 Å². The number of halogens is 1. The molecule has 0 saturated carbocycles. The molecule has 0 fully saturated rings. The van der Waals surface area contributed by atoms with Crippen molar-refractivity contribution in [3.63, 3.8) is 0 Å². The monoisotopic (exact) mass is 230 g/mol. The summed E-state index contributed by atoms with van der Waals surface area (Å²) < 4.78 is 12.6. The predicted molar refractivity (Wildman–Crippen MR) is 71.8 cm³/mol. The van der Waals surface area contributed by atoms with Gasteiger partial charge in [0.2, 0.25) is 0 Å². The minimum atomic E-state index is -0.116. The topological polar surface area (TPSA) is 0 Å². The summed E-state index contributed by atoms with van der Waals surface area (Å²) in [6.07, 6.45) is 0. The second kappa shape index (κ2) is 6.19. The van der Waals surface area contributed by atoms with E-state index >= 15 is 0 Å².